The lowest BCUT2D eigenvalue weighted by Gasteiger charge is -2.21. The van der Waals surface area contributed by atoms with Crippen LogP contribution in [0.15, 0.2) is 18.2 Å². The van der Waals surface area contributed by atoms with Crippen LogP contribution < -0.4 is 10.6 Å². The molecule has 1 fully saturated rings. The minimum Gasteiger partial charge on any atom is -0.396 e. The number of halogens is 3. The standard InChI is InChI=1S/C13H16F3N3O/c14-13(15,16)11-2-1-9(5-10(11)12(17)18)19-4-3-8(6-19)7-20/h1-2,5,8,20H,3-4,6-7H2,(H3,17,18). The van der Waals surface area contributed by atoms with Crippen LogP contribution in [0.3, 0.4) is 0 Å². The van der Waals surface area contributed by atoms with Gasteiger partial charge in [0.15, 0.2) is 0 Å². The smallest absolute Gasteiger partial charge is 0.396 e. The number of benzene rings is 1. The summed E-state index contributed by atoms with van der Waals surface area (Å²) in [5, 5.41) is 16.4. The molecule has 4 N–H and O–H groups in total. The predicted octanol–water partition coefficient (Wildman–Crippen LogP) is 1.81. The van der Waals surface area contributed by atoms with Gasteiger partial charge in [0.2, 0.25) is 0 Å². The fourth-order valence-electron chi connectivity index (χ4n) is 2.42. The fraction of sp³-hybridized carbons (Fsp3) is 0.462. The SMILES string of the molecule is N=C(N)c1cc(N2CCC(CO)C2)ccc1C(F)(F)F. The number of nitrogens with two attached hydrogens (primary N) is 1. The molecule has 7 heteroatoms. The summed E-state index contributed by atoms with van der Waals surface area (Å²) >= 11 is 0. The number of nitrogen functional groups attached to an aromatic ring is 1. The predicted molar refractivity (Wildman–Crippen MR) is 69.9 cm³/mol. The van der Waals surface area contributed by atoms with Gasteiger partial charge in [0, 0.05) is 36.9 Å². The van der Waals surface area contributed by atoms with Crippen LogP contribution in [-0.2, 0) is 6.18 Å². The third kappa shape index (κ3) is 2.87. The average Bonchev–Trinajstić information content (AvgIpc) is 2.85. The molecule has 1 aromatic carbocycles. The third-order valence-electron chi connectivity index (χ3n) is 3.51. The number of nitrogens with one attached hydrogen (secondary N) is 1. The van der Waals surface area contributed by atoms with E-state index >= 15 is 0 Å². The van der Waals surface area contributed by atoms with Crippen LogP contribution in [0, 0.1) is 11.3 Å². The highest BCUT2D eigenvalue weighted by Crippen LogP contribution is 2.34. The quantitative estimate of drug-likeness (QED) is 0.586. The third-order valence-corrected chi connectivity index (χ3v) is 3.51. The van der Waals surface area contributed by atoms with Gasteiger partial charge in [-0.3, -0.25) is 5.41 Å². The Morgan fingerprint density at radius 1 is 1.45 bits per heavy atom. The molecule has 0 saturated carbocycles. The van der Waals surface area contributed by atoms with Gasteiger partial charge < -0.3 is 15.7 Å². The summed E-state index contributed by atoms with van der Waals surface area (Å²) in [5.74, 6) is -0.463. The number of nitrogens with zero attached hydrogens (tertiary/aromatic N) is 1. The van der Waals surface area contributed by atoms with Crippen LogP contribution in [0.1, 0.15) is 17.5 Å². The summed E-state index contributed by atoms with van der Waals surface area (Å²) in [4.78, 5) is 1.90. The Labute approximate surface area is 114 Å². The van der Waals surface area contributed by atoms with E-state index in [9.17, 15) is 13.2 Å². The first-order valence-corrected chi connectivity index (χ1v) is 6.24. The van der Waals surface area contributed by atoms with Crippen LogP contribution in [-0.4, -0.2) is 30.6 Å². The highest BCUT2D eigenvalue weighted by molar-refractivity contribution is 5.97. The molecule has 20 heavy (non-hydrogen) atoms. The molecule has 110 valence electrons. The Hall–Kier alpha value is -1.76. The zero-order valence-corrected chi connectivity index (χ0v) is 10.7. The van der Waals surface area contributed by atoms with Crippen molar-refractivity contribution in [3.05, 3.63) is 29.3 Å². The number of aliphatic hydroxyl groups excluding tert-OH is 1. The number of rotatable bonds is 3. The van der Waals surface area contributed by atoms with Gasteiger partial charge in [0.05, 0.1) is 5.56 Å². The Kier molecular flexibility index (Phi) is 3.89. The molecule has 1 atom stereocenters. The highest BCUT2D eigenvalue weighted by atomic mass is 19.4. The molecule has 1 unspecified atom stereocenters. The lowest BCUT2D eigenvalue weighted by Crippen LogP contribution is -2.23. The van der Waals surface area contributed by atoms with Gasteiger partial charge >= 0.3 is 6.18 Å². The highest BCUT2D eigenvalue weighted by Gasteiger charge is 2.34. The van der Waals surface area contributed by atoms with Gasteiger partial charge in [0.1, 0.15) is 5.84 Å². The van der Waals surface area contributed by atoms with E-state index < -0.39 is 17.6 Å². The first-order chi connectivity index (χ1) is 9.32. The van der Waals surface area contributed by atoms with E-state index in [4.69, 9.17) is 16.2 Å². The lowest BCUT2D eigenvalue weighted by atomic mass is 10.0. The molecule has 0 bridgehead atoms. The van der Waals surface area contributed by atoms with Crippen molar-refractivity contribution < 1.29 is 18.3 Å². The minimum absolute atomic E-state index is 0.0662. The van der Waals surface area contributed by atoms with E-state index in [0.29, 0.717) is 18.8 Å². The van der Waals surface area contributed by atoms with Gasteiger partial charge in [-0.2, -0.15) is 13.2 Å². The topological polar surface area (TPSA) is 73.3 Å². The normalized spacial score (nSPS) is 19.4. The van der Waals surface area contributed by atoms with Crippen molar-refractivity contribution >= 4 is 11.5 Å². The molecule has 0 radical (unpaired) electrons. The number of anilines is 1. The largest absolute Gasteiger partial charge is 0.417 e. The molecule has 1 heterocycles. The molecule has 0 aliphatic carbocycles. The Morgan fingerprint density at radius 3 is 2.65 bits per heavy atom. The summed E-state index contributed by atoms with van der Waals surface area (Å²) < 4.78 is 38.5. The van der Waals surface area contributed by atoms with Crippen molar-refractivity contribution in [3.8, 4) is 0 Å². The molecule has 1 aliphatic heterocycles. The van der Waals surface area contributed by atoms with Crippen LogP contribution in [0.25, 0.3) is 0 Å². The van der Waals surface area contributed by atoms with Crippen LogP contribution in [0.4, 0.5) is 18.9 Å². The number of alkyl halides is 3. The second-order valence-corrected chi connectivity index (χ2v) is 4.92. The first kappa shape index (κ1) is 14.6. The van der Waals surface area contributed by atoms with Crippen LogP contribution >= 0.6 is 0 Å². The molecule has 2 rings (SSSR count). The fourth-order valence-corrected chi connectivity index (χ4v) is 2.42. The van der Waals surface area contributed by atoms with E-state index in [2.05, 4.69) is 0 Å². The number of aliphatic hydroxyl groups is 1. The molecule has 1 saturated heterocycles. The Balaban J connectivity index is 2.34. The summed E-state index contributed by atoms with van der Waals surface area (Å²) in [6, 6.07) is 3.64. The van der Waals surface area contributed by atoms with E-state index in [-0.39, 0.29) is 18.1 Å². The Bertz CT molecular complexity index is 516. The maximum absolute atomic E-state index is 12.8. The minimum atomic E-state index is -4.53. The van der Waals surface area contributed by atoms with Crippen molar-refractivity contribution in [2.24, 2.45) is 11.7 Å². The maximum atomic E-state index is 12.8. The zero-order valence-electron chi connectivity index (χ0n) is 10.7. The van der Waals surface area contributed by atoms with Crippen molar-refractivity contribution in [3.63, 3.8) is 0 Å². The summed E-state index contributed by atoms with van der Waals surface area (Å²) in [6.07, 6.45) is -3.73. The van der Waals surface area contributed by atoms with Gasteiger partial charge in [-0.1, -0.05) is 0 Å². The zero-order chi connectivity index (χ0) is 14.9. The molecular weight excluding hydrogens is 271 g/mol. The summed E-state index contributed by atoms with van der Waals surface area (Å²) in [6.45, 7) is 1.34. The molecule has 1 aromatic rings. The van der Waals surface area contributed by atoms with Gasteiger partial charge in [-0.25, -0.2) is 0 Å². The average molecular weight is 287 g/mol. The summed E-state index contributed by atoms with van der Waals surface area (Å²) in [7, 11) is 0. The van der Waals surface area contributed by atoms with Crippen molar-refractivity contribution in [1.29, 1.82) is 5.41 Å². The second kappa shape index (κ2) is 5.32. The second-order valence-electron chi connectivity index (χ2n) is 4.92. The molecule has 0 amide bonds. The van der Waals surface area contributed by atoms with Gasteiger partial charge in [-0.15, -0.1) is 0 Å². The van der Waals surface area contributed by atoms with Crippen molar-refractivity contribution in [1.82, 2.24) is 0 Å². The van der Waals surface area contributed by atoms with Gasteiger partial charge in [-0.05, 0) is 24.6 Å². The Morgan fingerprint density at radius 2 is 2.15 bits per heavy atom. The molecule has 0 aromatic heterocycles. The molecular formula is C13H16F3N3O. The maximum Gasteiger partial charge on any atom is 0.417 e. The lowest BCUT2D eigenvalue weighted by molar-refractivity contribution is -0.137. The monoisotopic (exact) mass is 287 g/mol. The summed E-state index contributed by atoms with van der Waals surface area (Å²) in [5.41, 5.74) is 4.65. The van der Waals surface area contributed by atoms with Crippen molar-refractivity contribution in [2.75, 3.05) is 24.6 Å². The van der Waals surface area contributed by atoms with E-state index in [1.807, 2.05) is 4.90 Å². The van der Waals surface area contributed by atoms with Crippen LogP contribution in [0.2, 0.25) is 0 Å². The number of amidine groups is 1. The van der Waals surface area contributed by atoms with Crippen LogP contribution in [0.5, 0.6) is 0 Å². The van der Waals surface area contributed by atoms with E-state index in [0.717, 1.165) is 12.5 Å². The van der Waals surface area contributed by atoms with E-state index in [1.54, 1.807) is 0 Å². The molecule has 1 aliphatic rings. The number of hydrogen-bond acceptors (Lipinski definition) is 3. The molecule has 4 nitrogen and oxygen atoms in total. The van der Waals surface area contributed by atoms with Gasteiger partial charge in [0.25, 0.3) is 0 Å². The van der Waals surface area contributed by atoms with E-state index in [1.165, 1.54) is 12.1 Å². The number of hydrogen-bond donors (Lipinski definition) is 3. The molecule has 0 spiro atoms. The van der Waals surface area contributed by atoms with Crippen molar-refractivity contribution in [2.45, 2.75) is 12.6 Å². The first-order valence-electron chi connectivity index (χ1n) is 6.24.